The zero-order chi connectivity index (χ0) is 11.2. The molecule has 2 rings (SSSR count). The topological polar surface area (TPSA) is 35.5 Å². The monoisotopic (exact) mass is 220 g/mol. The number of ether oxygens (including phenoxy) is 2. The molecule has 1 aromatic carbocycles. The highest BCUT2D eigenvalue weighted by molar-refractivity contribution is 5.69. The number of hydrogen-bond acceptors (Lipinski definition) is 3. The lowest BCUT2D eigenvalue weighted by Gasteiger charge is -2.09. The average molecular weight is 220 g/mol. The van der Waals surface area contributed by atoms with Gasteiger partial charge >= 0.3 is 5.97 Å². The first kappa shape index (κ1) is 11.1. The molecule has 0 bridgehead atoms. The molecule has 1 aliphatic rings. The summed E-state index contributed by atoms with van der Waals surface area (Å²) in [6.07, 6.45) is 1.99. The summed E-state index contributed by atoms with van der Waals surface area (Å²) in [5.74, 6) is -0.126. The van der Waals surface area contributed by atoms with Gasteiger partial charge in [-0.3, -0.25) is 4.79 Å². The quantitative estimate of drug-likeness (QED) is 0.727. The molecule has 1 aliphatic heterocycles. The number of benzene rings is 1. The Hall–Kier alpha value is -1.35. The maximum atomic E-state index is 11.5. The Morgan fingerprint density at radius 3 is 2.88 bits per heavy atom. The molecule has 1 fully saturated rings. The van der Waals surface area contributed by atoms with Gasteiger partial charge in [0.25, 0.3) is 0 Å². The van der Waals surface area contributed by atoms with Crippen molar-refractivity contribution in [1.29, 1.82) is 0 Å². The molecule has 1 unspecified atom stereocenters. The first-order chi connectivity index (χ1) is 7.84. The molecule has 0 aliphatic carbocycles. The van der Waals surface area contributed by atoms with Crippen LogP contribution in [0.1, 0.15) is 18.4 Å². The molecule has 0 saturated carbocycles. The molecule has 0 spiro atoms. The van der Waals surface area contributed by atoms with Crippen LogP contribution in [0.3, 0.4) is 0 Å². The summed E-state index contributed by atoms with van der Waals surface area (Å²) in [6.45, 7) is 1.26. The summed E-state index contributed by atoms with van der Waals surface area (Å²) in [5, 5.41) is 0. The molecule has 0 radical (unpaired) electrons. The molecular weight excluding hydrogens is 204 g/mol. The Balaban J connectivity index is 1.71. The zero-order valence-corrected chi connectivity index (χ0v) is 9.22. The average Bonchev–Trinajstić information content (AvgIpc) is 2.81. The summed E-state index contributed by atoms with van der Waals surface area (Å²) in [7, 11) is 0. The molecule has 0 aromatic heterocycles. The van der Waals surface area contributed by atoms with Gasteiger partial charge in [-0.05, 0) is 12.0 Å². The van der Waals surface area contributed by atoms with Gasteiger partial charge in [0.15, 0.2) is 0 Å². The van der Waals surface area contributed by atoms with Crippen molar-refractivity contribution in [3.63, 3.8) is 0 Å². The van der Waals surface area contributed by atoms with Gasteiger partial charge in [0, 0.05) is 12.8 Å². The summed E-state index contributed by atoms with van der Waals surface area (Å²) in [5.41, 5.74) is 1.17. The number of hydrogen-bond donors (Lipinski definition) is 0. The maximum Gasteiger partial charge on any atom is 0.306 e. The summed E-state index contributed by atoms with van der Waals surface area (Å²) in [6, 6.07) is 9.96. The van der Waals surface area contributed by atoms with E-state index in [9.17, 15) is 4.79 Å². The third kappa shape index (κ3) is 3.35. The molecule has 1 saturated heterocycles. The van der Waals surface area contributed by atoms with E-state index in [0.29, 0.717) is 19.6 Å². The van der Waals surface area contributed by atoms with E-state index < -0.39 is 0 Å². The van der Waals surface area contributed by atoms with Gasteiger partial charge in [-0.15, -0.1) is 0 Å². The minimum absolute atomic E-state index is 0.0247. The molecule has 3 nitrogen and oxygen atoms in total. The molecule has 3 heteroatoms. The third-order valence-electron chi connectivity index (χ3n) is 2.65. The normalized spacial score (nSPS) is 19.6. The number of carbonyl (C=O) groups is 1. The predicted molar refractivity (Wildman–Crippen MR) is 60.1 cm³/mol. The van der Waals surface area contributed by atoms with Crippen LogP contribution in [0, 0.1) is 0 Å². The van der Waals surface area contributed by atoms with Gasteiger partial charge in [-0.25, -0.2) is 0 Å². The van der Waals surface area contributed by atoms with Crippen LogP contribution in [0.4, 0.5) is 0 Å². The second kappa shape index (κ2) is 5.66. The molecule has 1 atom stereocenters. The van der Waals surface area contributed by atoms with E-state index in [4.69, 9.17) is 9.47 Å². The highest BCUT2D eigenvalue weighted by Crippen LogP contribution is 2.10. The van der Waals surface area contributed by atoms with E-state index in [-0.39, 0.29) is 12.1 Å². The van der Waals surface area contributed by atoms with Crippen LogP contribution in [-0.4, -0.2) is 25.3 Å². The Kier molecular flexibility index (Phi) is 3.94. The number of carbonyl (C=O) groups excluding carboxylic acids is 1. The van der Waals surface area contributed by atoms with E-state index in [1.165, 1.54) is 5.56 Å². The lowest BCUT2D eigenvalue weighted by atomic mass is 10.1. The van der Waals surface area contributed by atoms with Gasteiger partial charge in [-0.2, -0.15) is 0 Å². The molecule has 0 amide bonds. The summed E-state index contributed by atoms with van der Waals surface area (Å²) < 4.78 is 10.4. The summed E-state index contributed by atoms with van der Waals surface area (Å²) >= 11 is 0. The molecule has 1 aromatic rings. The lowest BCUT2D eigenvalue weighted by Crippen LogP contribution is -2.18. The van der Waals surface area contributed by atoms with E-state index in [2.05, 4.69) is 0 Å². The Bertz CT molecular complexity index is 328. The van der Waals surface area contributed by atoms with Crippen molar-refractivity contribution in [2.45, 2.75) is 25.4 Å². The van der Waals surface area contributed by atoms with E-state index in [0.717, 1.165) is 12.8 Å². The predicted octanol–water partition coefficient (Wildman–Crippen LogP) is 1.95. The Morgan fingerprint density at radius 2 is 2.19 bits per heavy atom. The van der Waals surface area contributed by atoms with E-state index in [1.807, 2.05) is 30.3 Å². The number of aryl methyl sites for hydroxylation is 1. The zero-order valence-electron chi connectivity index (χ0n) is 9.22. The Morgan fingerprint density at radius 1 is 1.38 bits per heavy atom. The van der Waals surface area contributed by atoms with Crippen molar-refractivity contribution in [3.05, 3.63) is 35.9 Å². The second-order valence-corrected chi connectivity index (χ2v) is 3.96. The van der Waals surface area contributed by atoms with Crippen LogP contribution in [0.15, 0.2) is 30.3 Å². The van der Waals surface area contributed by atoms with Crippen LogP contribution in [0.5, 0.6) is 0 Å². The van der Waals surface area contributed by atoms with Gasteiger partial charge in [0.2, 0.25) is 0 Å². The maximum absolute atomic E-state index is 11.5. The van der Waals surface area contributed by atoms with Crippen molar-refractivity contribution in [2.75, 3.05) is 13.2 Å². The fourth-order valence-corrected chi connectivity index (χ4v) is 1.74. The van der Waals surface area contributed by atoms with Crippen molar-refractivity contribution in [3.8, 4) is 0 Å². The fraction of sp³-hybridized carbons (Fsp3) is 0.462. The van der Waals surface area contributed by atoms with Gasteiger partial charge in [0.1, 0.15) is 6.10 Å². The van der Waals surface area contributed by atoms with Crippen molar-refractivity contribution in [1.82, 2.24) is 0 Å². The van der Waals surface area contributed by atoms with Crippen LogP contribution < -0.4 is 0 Å². The second-order valence-electron chi connectivity index (χ2n) is 3.96. The SMILES string of the molecule is O=C(CCc1ccccc1)OC1CCOC1. The highest BCUT2D eigenvalue weighted by atomic mass is 16.6. The highest BCUT2D eigenvalue weighted by Gasteiger charge is 2.19. The number of esters is 1. The number of rotatable bonds is 4. The molecule has 1 heterocycles. The van der Waals surface area contributed by atoms with Crippen LogP contribution in [-0.2, 0) is 20.7 Å². The smallest absolute Gasteiger partial charge is 0.306 e. The minimum atomic E-state index is -0.126. The van der Waals surface area contributed by atoms with Crippen molar-refractivity contribution < 1.29 is 14.3 Å². The fourth-order valence-electron chi connectivity index (χ4n) is 1.74. The first-order valence-electron chi connectivity index (χ1n) is 5.66. The molecular formula is C13H16O3. The summed E-state index contributed by atoms with van der Waals surface area (Å²) in [4.78, 5) is 11.5. The van der Waals surface area contributed by atoms with E-state index >= 15 is 0 Å². The van der Waals surface area contributed by atoms with Gasteiger partial charge in [-0.1, -0.05) is 30.3 Å². The van der Waals surface area contributed by atoms with Crippen molar-refractivity contribution in [2.24, 2.45) is 0 Å². The standard InChI is InChI=1S/C13H16O3/c14-13(16-12-8-9-15-10-12)7-6-11-4-2-1-3-5-11/h1-5,12H,6-10H2. The Labute approximate surface area is 95.4 Å². The molecule has 16 heavy (non-hydrogen) atoms. The van der Waals surface area contributed by atoms with Crippen molar-refractivity contribution >= 4 is 5.97 Å². The van der Waals surface area contributed by atoms with E-state index in [1.54, 1.807) is 0 Å². The van der Waals surface area contributed by atoms with Gasteiger partial charge < -0.3 is 9.47 Å². The lowest BCUT2D eigenvalue weighted by molar-refractivity contribution is -0.148. The van der Waals surface area contributed by atoms with Gasteiger partial charge in [0.05, 0.1) is 13.2 Å². The first-order valence-corrected chi connectivity index (χ1v) is 5.66. The third-order valence-corrected chi connectivity index (χ3v) is 2.65. The molecule has 0 N–H and O–H groups in total. The largest absolute Gasteiger partial charge is 0.460 e. The van der Waals surface area contributed by atoms with Crippen LogP contribution in [0.25, 0.3) is 0 Å². The van der Waals surface area contributed by atoms with Crippen LogP contribution in [0.2, 0.25) is 0 Å². The van der Waals surface area contributed by atoms with Crippen LogP contribution >= 0.6 is 0 Å². The molecule has 86 valence electrons. The minimum Gasteiger partial charge on any atom is -0.460 e.